The van der Waals surface area contributed by atoms with E-state index in [1.54, 1.807) is 6.07 Å². The fourth-order valence-corrected chi connectivity index (χ4v) is 2.60. The van der Waals surface area contributed by atoms with Crippen molar-refractivity contribution in [1.29, 1.82) is 0 Å². The van der Waals surface area contributed by atoms with Gasteiger partial charge in [-0.15, -0.1) is 0 Å². The van der Waals surface area contributed by atoms with Crippen LogP contribution in [-0.4, -0.2) is 19.0 Å². The highest BCUT2D eigenvalue weighted by molar-refractivity contribution is 5.97. The van der Waals surface area contributed by atoms with E-state index < -0.39 is 0 Å². The largest absolute Gasteiger partial charge is 0.370 e. The third kappa shape index (κ3) is 2.88. The molecular weight excluding hydrogens is 243 g/mol. The number of benzene rings is 1. The molecule has 19 heavy (non-hydrogen) atoms. The van der Waals surface area contributed by atoms with Crippen LogP contribution in [0.2, 0.25) is 0 Å². The average Bonchev–Trinajstić information content (AvgIpc) is 3.24. The van der Waals surface area contributed by atoms with Crippen LogP contribution in [0.15, 0.2) is 18.2 Å². The van der Waals surface area contributed by atoms with E-state index in [9.17, 15) is 9.18 Å². The topological polar surface area (TPSA) is 32.3 Å². The normalized spacial score (nSPS) is 19.3. The summed E-state index contributed by atoms with van der Waals surface area (Å²) in [6, 6.07) is 4.68. The van der Waals surface area contributed by atoms with Gasteiger partial charge in [0.1, 0.15) is 5.82 Å². The highest BCUT2D eigenvalue weighted by atomic mass is 19.1. The Labute approximate surface area is 112 Å². The Hall–Kier alpha value is -1.58. The molecule has 1 aliphatic carbocycles. The van der Waals surface area contributed by atoms with E-state index in [0.29, 0.717) is 5.69 Å². The monoisotopic (exact) mass is 262 g/mol. The summed E-state index contributed by atoms with van der Waals surface area (Å²) in [5.74, 6) is -0.131. The summed E-state index contributed by atoms with van der Waals surface area (Å²) in [6.45, 7) is 1.97. The molecule has 1 N–H and O–H groups in total. The SMILES string of the molecule is O=C(Nc1cc(F)ccc1N1CCCCC1)C1CC1. The summed E-state index contributed by atoms with van der Waals surface area (Å²) in [4.78, 5) is 14.1. The third-order valence-electron chi connectivity index (χ3n) is 3.86. The standard InChI is InChI=1S/C15H19FN2O/c16-12-6-7-14(18-8-2-1-3-9-18)13(10-12)17-15(19)11-4-5-11/h6-7,10-11H,1-5,8-9H2,(H,17,19). The molecule has 3 rings (SSSR count). The maximum absolute atomic E-state index is 13.4. The maximum Gasteiger partial charge on any atom is 0.227 e. The molecule has 0 atom stereocenters. The average molecular weight is 262 g/mol. The fourth-order valence-electron chi connectivity index (χ4n) is 2.60. The van der Waals surface area contributed by atoms with Crippen molar-refractivity contribution in [3.63, 3.8) is 0 Å². The lowest BCUT2D eigenvalue weighted by molar-refractivity contribution is -0.117. The second kappa shape index (κ2) is 5.19. The molecule has 1 saturated carbocycles. The number of anilines is 2. The van der Waals surface area contributed by atoms with E-state index in [-0.39, 0.29) is 17.6 Å². The van der Waals surface area contributed by atoms with Crippen LogP contribution in [0.25, 0.3) is 0 Å². The van der Waals surface area contributed by atoms with Gasteiger partial charge in [-0.1, -0.05) is 0 Å². The molecule has 1 aromatic rings. The molecule has 1 amide bonds. The molecule has 0 spiro atoms. The molecule has 4 heteroatoms. The van der Waals surface area contributed by atoms with E-state index in [1.807, 2.05) is 0 Å². The van der Waals surface area contributed by atoms with Crippen LogP contribution in [0.3, 0.4) is 0 Å². The number of halogens is 1. The van der Waals surface area contributed by atoms with Gasteiger partial charge in [0.15, 0.2) is 0 Å². The number of carbonyl (C=O) groups excluding carboxylic acids is 1. The molecule has 1 saturated heterocycles. The van der Waals surface area contributed by atoms with Crippen LogP contribution in [0.4, 0.5) is 15.8 Å². The van der Waals surface area contributed by atoms with E-state index in [1.165, 1.54) is 18.6 Å². The molecule has 102 valence electrons. The molecule has 1 heterocycles. The lowest BCUT2D eigenvalue weighted by Gasteiger charge is -2.30. The number of amides is 1. The lowest BCUT2D eigenvalue weighted by atomic mass is 10.1. The minimum absolute atomic E-state index is 0.0314. The highest BCUT2D eigenvalue weighted by Crippen LogP contribution is 2.33. The van der Waals surface area contributed by atoms with Gasteiger partial charge in [-0.3, -0.25) is 4.79 Å². The summed E-state index contributed by atoms with van der Waals surface area (Å²) in [5, 5.41) is 2.89. The molecule has 2 fully saturated rings. The van der Waals surface area contributed by atoms with Crippen LogP contribution < -0.4 is 10.2 Å². The van der Waals surface area contributed by atoms with Crippen LogP contribution in [0, 0.1) is 11.7 Å². The van der Waals surface area contributed by atoms with E-state index in [2.05, 4.69) is 10.2 Å². The van der Waals surface area contributed by atoms with Gasteiger partial charge < -0.3 is 10.2 Å². The van der Waals surface area contributed by atoms with Crippen LogP contribution >= 0.6 is 0 Å². The molecular formula is C15H19FN2O. The first-order valence-corrected chi connectivity index (χ1v) is 7.09. The van der Waals surface area contributed by atoms with Crippen LogP contribution in [0.1, 0.15) is 32.1 Å². The number of hydrogen-bond donors (Lipinski definition) is 1. The first-order valence-electron chi connectivity index (χ1n) is 7.09. The molecule has 0 bridgehead atoms. The van der Waals surface area contributed by atoms with Crippen molar-refractivity contribution in [2.45, 2.75) is 32.1 Å². The van der Waals surface area contributed by atoms with Gasteiger partial charge in [0, 0.05) is 19.0 Å². The Morgan fingerprint density at radius 3 is 2.63 bits per heavy atom. The Kier molecular flexibility index (Phi) is 3.40. The van der Waals surface area contributed by atoms with Crippen molar-refractivity contribution < 1.29 is 9.18 Å². The quantitative estimate of drug-likeness (QED) is 0.907. The molecule has 1 aromatic carbocycles. The van der Waals surface area contributed by atoms with Crippen molar-refractivity contribution in [2.24, 2.45) is 5.92 Å². The van der Waals surface area contributed by atoms with Gasteiger partial charge in [0.05, 0.1) is 11.4 Å². The fraction of sp³-hybridized carbons (Fsp3) is 0.533. The van der Waals surface area contributed by atoms with Gasteiger partial charge in [-0.05, 0) is 50.3 Å². The Bertz CT molecular complexity index is 479. The third-order valence-corrected chi connectivity index (χ3v) is 3.86. The lowest BCUT2D eigenvalue weighted by Crippen LogP contribution is -2.30. The van der Waals surface area contributed by atoms with Gasteiger partial charge in [-0.25, -0.2) is 4.39 Å². The molecule has 0 aromatic heterocycles. The summed E-state index contributed by atoms with van der Waals surface area (Å²) in [5.41, 5.74) is 1.58. The number of carbonyl (C=O) groups is 1. The van der Waals surface area contributed by atoms with Gasteiger partial charge in [0.25, 0.3) is 0 Å². The predicted octanol–water partition coefficient (Wildman–Crippen LogP) is 3.16. The zero-order valence-corrected chi connectivity index (χ0v) is 11.0. The van der Waals surface area contributed by atoms with Crippen molar-refractivity contribution >= 4 is 17.3 Å². The molecule has 2 aliphatic rings. The zero-order valence-electron chi connectivity index (χ0n) is 11.0. The second-order valence-corrected chi connectivity index (χ2v) is 5.47. The maximum atomic E-state index is 13.4. The summed E-state index contributed by atoms with van der Waals surface area (Å²) in [7, 11) is 0. The number of rotatable bonds is 3. The minimum atomic E-state index is -0.299. The van der Waals surface area contributed by atoms with Crippen molar-refractivity contribution in [3.05, 3.63) is 24.0 Å². The van der Waals surface area contributed by atoms with E-state index >= 15 is 0 Å². The Morgan fingerprint density at radius 2 is 1.95 bits per heavy atom. The smallest absolute Gasteiger partial charge is 0.227 e. The molecule has 0 radical (unpaired) electrons. The summed E-state index contributed by atoms with van der Waals surface area (Å²) in [6.07, 6.45) is 5.49. The Morgan fingerprint density at radius 1 is 1.21 bits per heavy atom. The predicted molar refractivity (Wildman–Crippen MR) is 73.8 cm³/mol. The molecule has 1 aliphatic heterocycles. The van der Waals surface area contributed by atoms with Crippen LogP contribution in [-0.2, 0) is 4.79 Å². The van der Waals surface area contributed by atoms with Crippen molar-refractivity contribution in [1.82, 2.24) is 0 Å². The van der Waals surface area contributed by atoms with E-state index in [4.69, 9.17) is 0 Å². The molecule has 3 nitrogen and oxygen atoms in total. The number of nitrogens with zero attached hydrogens (tertiary/aromatic N) is 1. The highest BCUT2D eigenvalue weighted by Gasteiger charge is 2.30. The number of hydrogen-bond acceptors (Lipinski definition) is 2. The first kappa shape index (κ1) is 12.5. The van der Waals surface area contributed by atoms with Gasteiger partial charge in [0.2, 0.25) is 5.91 Å². The first-order chi connectivity index (χ1) is 9.24. The van der Waals surface area contributed by atoms with Crippen molar-refractivity contribution in [3.8, 4) is 0 Å². The molecule has 0 unspecified atom stereocenters. The summed E-state index contributed by atoms with van der Waals surface area (Å²) >= 11 is 0. The van der Waals surface area contributed by atoms with Gasteiger partial charge >= 0.3 is 0 Å². The summed E-state index contributed by atoms with van der Waals surface area (Å²) < 4.78 is 13.4. The second-order valence-electron chi connectivity index (χ2n) is 5.47. The van der Waals surface area contributed by atoms with Crippen LogP contribution in [0.5, 0.6) is 0 Å². The van der Waals surface area contributed by atoms with Gasteiger partial charge in [-0.2, -0.15) is 0 Å². The van der Waals surface area contributed by atoms with E-state index in [0.717, 1.165) is 44.5 Å². The zero-order chi connectivity index (χ0) is 13.2. The number of piperidine rings is 1. The minimum Gasteiger partial charge on any atom is -0.370 e. The number of nitrogens with one attached hydrogen (secondary N) is 1. The Balaban J connectivity index is 1.82. The van der Waals surface area contributed by atoms with Crippen molar-refractivity contribution in [2.75, 3.05) is 23.3 Å².